The summed E-state index contributed by atoms with van der Waals surface area (Å²) in [5.41, 5.74) is 0.784. The standard InChI is InChI=1S/C15H23NO/c1-13-7-5-6-10-15(13,17)12-16-11-14-8-3-2-4-9-14/h2-4,8-9,13,16-17H,5-7,10-12H2,1H3. The molecule has 1 aromatic carbocycles. The van der Waals surface area contributed by atoms with Crippen LogP contribution in [0.3, 0.4) is 0 Å². The van der Waals surface area contributed by atoms with Crippen molar-refractivity contribution in [2.24, 2.45) is 5.92 Å². The minimum atomic E-state index is -0.493. The van der Waals surface area contributed by atoms with Crippen LogP contribution in [0.1, 0.15) is 38.2 Å². The fourth-order valence-electron chi connectivity index (χ4n) is 2.68. The van der Waals surface area contributed by atoms with Gasteiger partial charge >= 0.3 is 0 Å². The molecule has 0 radical (unpaired) electrons. The summed E-state index contributed by atoms with van der Waals surface area (Å²) in [6.07, 6.45) is 4.52. The van der Waals surface area contributed by atoms with Crippen LogP contribution in [0, 0.1) is 5.92 Å². The third-order valence-electron chi connectivity index (χ3n) is 4.02. The normalized spacial score (nSPS) is 29.2. The van der Waals surface area contributed by atoms with Gasteiger partial charge in [-0.3, -0.25) is 0 Å². The van der Waals surface area contributed by atoms with Crippen molar-refractivity contribution >= 4 is 0 Å². The van der Waals surface area contributed by atoms with E-state index in [1.54, 1.807) is 0 Å². The Bertz CT molecular complexity index is 338. The highest BCUT2D eigenvalue weighted by atomic mass is 16.3. The van der Waals surface area contributed by atoms with E-state index in [1.165, 1.54) is 12.0 Å². The quantitative estimate of drug-likeness (QED) is 0.838. The molecular weight excluding hydrogens is 210 g/mol. The minimum absolute atomic E-state index is 0.416. The van der Waals surface area contributed by atoms with Crippen LogP contribution in [0.15, 0.2) is 30.3 Å². The minimum Gasteiger partial charge on any atom is -0.388 e. The third-order valence-corrected chi connectivity index (χ3v) is 4.02. The monoisotopic (exact) mass is 233 g/mol. The summed E-state index contributed by atoms with van der Waals surface area (Å²) >= 11 is 0. The van der Waals surface area contributed by atoms with Crippen LogP contribution in [0.4, 0.5) is 0 Å². The summed E-state index contributed by atoms with van der Waals surface area (Å²) in [7, 11) is 0. The van der Waals surface area contributed by atoms with Crippen molar-refractivity contribution in [1.82, 2.24) is 5.32 Å². The first-order valence-corrected chi connectivity index (χ1v) is 6.68. The zero-order chi connectivity index (χ0) is 12.1. The van der Waals surface area contributed by atoms with E-state index in [0.717, 1.165) is 25.8 Å². The van der Waals surface area contributed by atoms with Gasteiger partial charge in [-0.25, -0.2) is 0 Å². The lowest BCUT2D eigenvalue weighted by Crippen LogP contribution is -2.47. The SMILES string of the molecule is CC1CCCCC1(O)CNCc1ccccc1. The topological polar surface area (TPSA) is 32.3 Å². The Balaban J connectivity index is 1.81. The van der Waals surface area contributed by atoms with E-state index in [2.05, 4.69) is 36.5 Å². The average Bonchev–Trinajstić information content (AvgIpc) is 2.35. The van der Waals surface area contributed by atoms with Crippen molar-refractivity contribution in [1.29, 1.82) is 0 Å². The van der Waals surface area contributed by atoms with E-state index in [4.69, 9.17) is 0 Å². The van der Waals surface area contributed by atoms with Crippen molar-refractivity contribution in [2.45, 2.75) is 44.8 Å². The molecule has 0 spiro atoms. The molecule has 1 aromatic rings. The smallest absolute Gasteiger partial charge is 0.0797 e. The largest absolute Gasteiger partial charge is 0.388 e. The number of nitrogens with one attached hydrogen (secondary N) is 1. The molecule has 0 bridgehead atoms. The zero-order valence-corrected chi connectivity index (χ0v) is 10.7. The third kappa shape index (κ3) is 3.30. The number of rotatable bonds is 4. The first kappa shape index (κ1) is 12.6. The zero-order valence-electron chi connectivity index (χ0n) is 10.7. The van der Waals surface area contributed by atoms with Crippen LogP contribution in [0.25, 0.3) is 0 Å². The van der Waals surface area contributed by atoms with Crippen LogP contribution in [-0.4, -0.2) is 17.3 Å². The van der Waals surface area contributed by atoms with E-state index in [0.29, 0.717) is 12.5 Å². The second-order valence-corrected chi connectivity index (χ2v) is 5.34. The lowest BCUT2D eigenvalue weighted by Gasteiger charge is -2.38. The molecule has 2 heteroatoms. The highest BCUT2D eigenvalue weighted by molar-refractivity contribution is 5.14. The first-order chi connectivity index (χ1) is 8.21. The Kier molecular flexibility index (Phi) is 4.19. The van der Waals surface area contributed by atoms with Crippen LogP contribution in [0.2, 0.25) is 0 Å². The molecule has 2 N–H and O–H groups in total. The van der Waals surface area contributed by atoms with E-state index in [-0.39, 0.29) is 0 Å². The molecule has 0 aromatic heterocycles. The molecular formula is C15H23NO. The van der Waals surface area contributed by atoms with E-state index in [1.807, 2.05) is 6.07 Å². The van der Waals surface area contributed by atoms with Crippen molar-refractivity contribution in [3.8, 4) is 0 Å². The Hall–Kier alpha value is -0.860. The molecule has 1 fully saturated rings. The number of hydrogen-bond acceptors (Lipinski definition) is 2. The fourth-order valence-corrected chi connectivity index (χ4v) is 2.68. The number of hydrogen-bond donors (Lipinski definition) is 2. The molecule has 1 saturated carbocycles. The molecule has 17 heavy (non-hydrogen) atoms. The van der Waals surface area contributed by atoms with Gasteiger partial charge in [-0.2, -0.15) is 0 Å². The summed E-state index contributed by atoms with van der Waals surface area (Å²) in [6.45, 7) is 3.72. The predicted molar refractivity (Wildman–Crippen MR) is 70.7 cm³/mol. The highest BCUT2D eigenvalue weighted by Crippen LogP contribution is 2.32. The lowest BCUT2D eigenvalue weighted by atomic mass is 9.76. The molecule has 2 atom stereocenters. The van der Waals surface area contributed by atoms with Crippen LogP contribution >= 0.6 is 0 Å². The van der Waals surface area contributed by atoms with Crippen molar-refractivity contribution in [3.05, 3.63) is 35.9 Å². The van der Waals surface area contributed by atoms with Gasteiger partial charge in [0.25, 0.3) is 0 Å². The molecule has 0 aliphatic heterocycles. The van der Waals surface area contributed by atoms with Gasteiger partial charge in [0, 0.05) is 13.1 Å². The van der Waals surface area contributed by atoms with Crippen LogP contribution in [-0.2, 0) is 6.54 Å². The van der Waals surface area contributed by atoms with Crippen molar-refractivity contribution in [2.75, 3.05) is 6.54 Å². The van der Waals surface area contributed by atoms with Gasteiger partial charge in [-0.15, -0.1) is 0 Å². The maximum atomic E-state index is 10.6. The van der Waals surface area contributed by atoms with Gasteiger partial charge in [0.05, 0.1) is 5.60 Å². The molecule has 2 nitrogen and oxygen atoms in total. The molecule has 1 aliphatic rings. The van der Waals surface area contributed by atoms with E-state index < -0.39 is 5.60 Å². The first-order valence-electron chi connectivity index (χ1n) is 6.68. The molecule has 2 rings (SSSR count). The molecule has 1 aliphatic carbocycles. The highest BCUT2D eigenvalue weighted by Gasteiger charge is 2.35. The summed E-state index contributed by atoms with van der Waals surface area (Å²) in [4.78, 5) is 0. The van der Waals surface area contributed by atoms with E-state index in [9.17, 15) is 5.11 Å². The predicted octanol–water partition coefficient (Wildman–Crippen LogP) is 2.72. The van der Waals surface area contributed by atoms with Crippen molar-refractivity contribution in [3.63, 3.8) is 0 Å². The number of benzene rings is 1. The Morgan fingerprint density at radius 1 is 1.29 bits per heavy atom. The molecule has 2 unspecified atom stereocenters. The summed E-state index contributed by atoms with van der Waals surface area (Å²) in [5.74, 6) is 0.416. The lowest BCUT2D eigenvalue weighted by molar-refractivity contribution is -0.0396. The van der Waals surface area contributed by atoms with Crippen molar-refractivity contribution < 1.29 is 5.11 Å². The van der Waals surface area contributed by atoms with Crippen LogP contribution in [0.5, 0.6) is 0 Å². The molecule has 0 saturated heterocycles. The van der Waals surface area contributed by atoms with Gasteiger partial charge < -0.3 is 10.4 Å². The second-order valence-electron chi connectivity index (χ2n) is 5.34. The van der Waals surface area contributed by atoms with Gasteiger partial charge in [0.1, 0.15) is 0 Å². The average molecular weight is 233 g/mol. The number of aliphatic hydroxyl groups is 1. The summed E-state index contributed by atoms with van der Waals surface area (Å²) in [6, 6.07) is 10.4. The van der Waals surface area contributed by atoms with Gasteiger partial charge in [0.2, 0.25) is 0 Å². The molecule has 0 heterocycles. The fraction of sp³-hybridized carbons (Fsp3) is 0.600. The van der Waals surface area contributed by atoms with Gasteiger partial charge in [-0.05, 0) is 24.3 Å². The van der Waals surface area contributed by atoms with E-state index >= 15 is 0 Å². The van der Waals surface area contributed by atoms with Gasteiger partial charge in [-0.1, -0.05) is 50.1 Å². The summed E-state index contributed by atoms with van der Waals surface area (Å²) in [5, 5.41) is 13.9. The summed E-state index contributed by atoms with van der Waals surface area (Å²) < 4.78 is 0. The van der Waals surface area contributed by atoms with Gasteiger partial charge in [0.15, 0.2) is 0 Å². The molecule has 0 amide bonds. The second kappa shape index (κ2) is 5.65. The Morgan fingerprint density at radius 3 is 2.76 bits per heavy atom. The molecule has 94 valence electrons. The maximum Gasteiger partial charge on any atom is 0.0797 e. The van der Waals surface area contributed by atoms with Crippen LogP contribution < -0.4 is 5.32 Å². The maximum absolute atomic E-state index is 10.6. The Morgan fingerprint density at radius 2 is 2.06 bits per heavy atom. The Labute approximate surface area is 104 Å².